The Morgan fingerprint density at radius 1 is 1.07 bits per heavy atom. The molecular formula is C18H23N5O4S2. The number of rotatable bonds is 6. The summed E-state index contributed by atoms with van der Waals surface area (Å²) < 4.78 is 28.8. The van der Waals surface area contributed by atoms with E-state index in [4.69, 9.17) is 0 Å². The zero-order valence-corrected chi connectivity index (χ0v) is 18.2. The van der Waals surface area contributed by atoms with Gasteiger partial charge in [0.05, 0.1) is 10.6 Å². The summed E-state index contributed by atoms with van der Waals surface area (Å²) in [5.74, 6) is 0.828. The highest BCUT2D eigenvalue weighted by Gasteiger charge is 2.30. The zero-order valence-electron chi connectivity index (χ0n) is 16.5. The Labute approximate surface area is 174 Å². The van der Waals surface area contributed by atoms with E-state index in [2.05, 4.69) is 10.2 Å². The third kappa shape index (κ3) is 4.68. The Morgan fingerprint density at radius 3 is 2.21 bits per heavy atom. The lowest BCUT2D eigenvalue weighted by Crippen LogP contribution is -2.50. The third-order valence-corrected chi connectivity index (χ3v) is 7.79. The lowest BCUT2D eigenvalue weighted by molar-refractivity contribution is -0.129. The molecule has 1 fully saturated rings. The van der Waals surface area contributed by atoms with Crippen LogP contribution in [-0.4, -0.2) is 76.0 Å². The number of benzene rings is 1. The Kier molecular flexibility index (Phi) is 6.39. The van der Waals surface area contributed by atoms with Crippen LogP contribution in [0.25, 0.3) is 0 Å². The number of thioether (sulfide) groups is 1. The number of Topliss-reactive ketones (excluding diaryl/α,β-unsaturated/α-hetero) is 1. The van der Waals surface area contributed by atoms with Crippen LogP contribution in [0.1, 0.15) is 23.1 Å². The highest BCUT2D eigenvalue weighted by atomic mass is 32.2. The molecule has 0 unspecified atom stereocenters. The highest BCUT2D eigenvalue weighted by molar-refractivity contribution is 7.99. The van der Waals surface area contributed by atoms with E-state index in [0.717, 1.165) is 5.82 Å². The van der Waals surface area contributed by atoms with Gasteiger partial charge in [-0.3, -0.25) is 9.59 Å². The molecule has 29 heavy (non-hydrogen) atoms. The molecule has 156 valence electrons. The van der Waals surface area contributed by atoms with Crippen LogP contribution in [0.5, 0.6) is 0 Å². The van der Waals surface area contributed by atoms with Gasteiger partial charge in [0.15, 0.2) is 10.9 Å². The van der Waals surface area contributed by atoms with Crippen molar-refractivity contribution in [1.82, 2.24) is 24.0 Å². The summed E-state index contributed by atoms with van der Waals surface area (Å²) in [5.41, 5.74) is 0.468. The van der Waals surface area contributed by atoms with Crippen molar-refractivity contribution in [3.05, 3.63) is 35.7 Å². The number of piperazine rings is 1. The van der Waals surface area contributed by atoms with E-state index in [1.54, 1.807) is 4.90 Å². The maximum Gasteiger partial charge on any atom is 0.243 e. The van der Waals surface area contributed by atoms with Crippen LogP contribution in [0.3, 0.4) is 0 Å². The van der Waals surface area contributed by atoms with Crippen LogP contribution < -0.4 is 0 Å². The number of hydrogen-bond acceptors (Lipinski definition) is 7. The number of nitrogens with zero attached hydrogens (tertiary/aromatic N) is 5. The fraction of sp³-hybridized carbons (Fsp3) is 0.444. The fourth-order valence-electron chi connectivity index (χ4n) is 2.92. The molecule has 3 rings (SSSR count). The maximum atomic E-state index is 12.8. The summed E-state index contributed by atoms with van der Waals surface area (Å²) in [5, 5.41) is 8.66. The fourth-order valence-corrected chi connectivity index (χ4v) is 5.20. The van der Waals surface area contributed by atoms with Crippen molar-refractivity contribution in [2.75, 3.05) is 31.9 Å². The molecule has 1 aliphatic heterocycles. The molecule has 0 radical (unpaired) electrons. The molecule has 0 aliphatic carbocycles. The minimum atomic E-state index is -3.65. The van der Waals surface area contributed by atoms with Gasteiger partial charge in [-0.25, -0.2) is 8.42 Å². The number of hydrogen-bond donors (Lipinski definition) is 0. The van der Waals surface area contributed by atoms with Crippen molar-refractivity contribution in [2.45, 2.75) is 23.9 Å². The Hall–Kier alpha value is -2.24. The first-order valence-electron chi connectivity index (χ1n) is 9.08. The van der Waals surface area contributed by atoms with E-state index in [0.29, 0.717) is 23.8 Å². The summed E-state index contributed by atoms with van der Waals surface area (Å²) in [7, 11) is -1.81. The Bertz CT molecular complexity index is 1010. The van der Waals surface area contributed by atoms with Gasteiger partial charge in [-0.2, -0.15) is 4.31 Å². The summed E-state index contributed by atoms with van der Waals surface area (Å²) in [6, 6.07) is 5.92. The van der Waals surface area contributed by atoms with Crippen LogP contribution in [0.15, 0.2) is 34.3 Å². The third-order valence-electron chi connectivity index (χ3n) is 4.87. The van der Waals surface area contributed by atoms with Gasteiger partial charge in [-0.15, -0.1) is 10.2 Å². The molecule has 0 spiro atoms. The number of sulfonamides is 1. The molecule has 0 N–H and O–H groups in total. The van der Waals surface area contributed by atoms with E-state index >= 15 is 0 Å². The summed E-state index contributed by atoms with van der Waals surface area (Å²) in [6.45, 7) is 4.41. The van der Waals surface area contributed by atoms with Gasteiger partial charge < -0.3 is 9.47 Å². The number of amides is 1. The average Bonchev–Trinajstić information content (AvgIpc) is 3.04. The first-order valence-corrected chi connectivity index (χ1v) is 11.5. The van der Waals surface area contributed by atoms with Crippen LogP contribution >= 0.6 is 11.8 Å². The van der Waals surface area contributed by atoms with Crippen molar-refractivity contribution >= 4 is 33.5 Å². The quantitative estimate of drug-likeness (QED) is 0.489. The molecule has 9 nitrogen and oxygen atoms in total. The number of aryl methyl sites for hydroxylation is 1. The lowest BCUT2D eigenvalue weighted by atomic mass is 10.2. The molecule has 0 atom stereocenters. The van der Waals surface area contributed by atoms with Crippen molar-refractivity contribution in [1.29, 1.82) is 0 Å². The first kappa shape index (κ1) is 21.5. The molecule has 1 saturated heterocycles. The second kappa shape index (κ2) is 8.64. The predicted molar refractivity (Wildman–Crippen MR) is 108 cm³/mol. The van der Waals surface area contributed by atoms with Gasteiger partial charge in [0, 0.05) is 38.8 Å². The number of carbonyl (C=O) groups excluding carboxylic acids is 2. The predicted octanol–water partition coefficient (Wildman–Crippen LogP) is 0.951. The molecule has 2 aromatic rings. The van der Waals surface area contributed by atoms with E-state index < -0.39 is 10.0 Å². The highest BCUT2D eigenvalue weighted by Crippen LogP contribution is 2.20. The largest absolute Gasteiger partial charge is 0.339 e. The summed E-state index contributed by atoms with van der Waals surface area (Å²) in [4.78, 5) is 25.6. The molecule has 1 aromatic carbocycles. The SMILES string of the molecule is CC(=O)c1ccc(S(=O)(=O)N2CCN(C(=O)CSc3nnc(C)n3C)CC2)cc1. The van der Waals surface area contributed by atoms with Gasteiger partial charge in [0.2, 0.25) is 15.9 Å². The van der Waals surface area contributed by atoms with Crippen LogP contribution in [0.4, 0.5) is 0 Å². The lowest BCUT2D eigenvalue weighted by Gasteiger charge is -2.34. The molecule has 2 heterocycles. The molecule has 11 heteroatoms. The van der Waals surface area contributed by atoms with Crippen LogP contribution in [0.2, 0.25) is 0 Å². The Balaban J connectivity index is 1.57. The second-order valence-electron chi connectivity index (χ2n) is 6.74. The van der Waals surface area contributed by atoms with Gasteiger partial charge in [0.25, 0.3) is 0 Å². The molecule has 0 saturated carbocycles. The topological polar surface area (TPSA) is 105 Å². The first-order chi connectivity index (χ1) is 13.7. The monoisotopic (exact) mass is 437 g/mol. The zero-order chi connectivity index (χ0) is 21.2. The molecule has 1 amide bonds. The maximum absolute atomic E-state index is 12.8. The van der Waals surface area contributed by atoms with Crippen molar-refractivity contribution in [2.24, 2.45) is 7.05 Å². The molecule has 1 aliphatic rings. The summed E-state index contributed by atoms with van der Waals surface area (Å²) >= 11 is 1.32. The van der Waals surface area contributed by atoms with Gasteiger partial charge in [-0.1, -0.05) is 23.9 Å². The average molecular weight is 438 g/mol. The van der Waals surface area contributed by atoms with E-state index in [1.807, 2.05) is 18.5 Å². The molecular weight excluding hydrogens is 414 g/mol. The smallest absolute Gasteiger partial charge is 0.243 e. The van der Waals surface area contributed by atoms with Crippen LogP contribution in [-0.2, 0) is 21.9 Å². The molecule has 1 aromatic heterocycles. The van der Waals surface area contributed by atoms with Gasteiger partial charge in [0.1, 0.15) is 5.82 Å². The second-order valence-corrected chi connectivity index (χ2v) is 9.62. The van der Waals surface area contributed by atoms with Crippen molar-refractivity contribution in [3.8, 4) is 0 Å². The van der Waals surface area contributed by atoms with Crippen LogP contribution in [0, 0.1) is 6.92 Å². The number of carbonyl (C=O) groups is 2. The Morgan fingerprint density at radius 2 is 1.69 bits per heavy atom. The standard InChI is InChI=1S/C18H23N5O4S2/c1-13(24)15-4-6-16(7-5-15)29(26,27)23-10-8-22(9-11-23)17(25)12-28-18-20-19-14(2)21(18)3/h4-7H,8-12H2,1-3H3. The normalized spacial score (nSPS) is 15.5. The summed E-state index contributed by atoms with van der Waals surface area (Å²) in [6.07, 6.45) is 0. The minimum Gasteiger partial charge on any atom is -0.339 e. The van der Waals surface area contributed by atoms with Crippen molar-refractivity contribution in [3.63, 3.8) is 0 Å². The number of ketones is 1. The van der Waals surface area contributed by atoms with Gasteiger partial charge in [-0.05, 0) is 26.0 Å². The van der Waals surface area contributed by atoms with Crippen molar-refractivity contribution < 1.29 is 18.0 Å². The van der Waals surface area contributed by atoms with E-state index in [-0.39, 0.29) is 35.4 Å². The molecule has 0 bridgehead atoms. The number of aromatic nitrogens is 3. The van der Waals surface area contributed by atoms with Gasteiger partial charge >= 0.3 is 0 Å². The minimum absolute atomic E-state index is 0.0569. The van der Waals surface area contributed by atoms with E-state index in [9.17, 15) is 18.0 Å². The van der Waals surface area contributed by atoms with E-state index in [1.165, 1.54) is 47.3 Å².